The lowest BCUT2D eigenvalue weighted by molar-refractivity contribution is -0.139. The molecule has 0 aliphatic heterocycles. The fourth-order valence-electron chi connectivity index (χ4n) is 9.31. The van der Waals surface area contributed by atoms with Gasteiger partial charge in [0.15, 0.2) is 0 Å². The third kappa shape index (κ3) is 3.57. The molecule has 4 rings (SSSR count). The van der Waals surface area contributed by atoms with E-state index >= 15 is 0 Å². The monoisotopic (exact) mass is 470 g/mol. The average Bonchev–Trinajstić information content (AvgIpc) is 3.05. The van der Waals surface area contributed by atoms with E-state index in [1.807, 2.05) is 6.08 Å². The first-order valence-electron chi connectivity index (χ1n) is 13.6. The van der Waals surface area contributed by atoms with Crippen molar-refractivity contribution >= 4 is 11.8 Å². The van der Waals surface area contributed by atoms with Gasteiger partial charge < -0.3 is 10.2 Å². The maximum absolute atomic E-state index is 12.8. The van der Waals surface area contributed by atoms with E-state index in [1.54, 1.807) is 18.1 Å². The third-order valence-electron chi connectivity index (χ3n) is 11.7. The Morgan fingerprint density at radius 1 is 1.03 bits per heavy atom. The number of aliphatic hydroxyl groups is 1. The average molecular weight is 471 g/mol. The molecule has 0 spiro atoms. The zero-order chi connectivity index (χ0) is 25.1. The van der Waals surface area contributed by atoms with Gasteiger partial charge in [-0.1, -0.05) is 51.8 Å². The summed E-state index contributed by atoms with van der Waals surface area (Å²) >= 11 is 0. The number of aliphatic carboxylic acids is 1. The van der Waals surface area contributed by atoms with E-state index < -0.39 is 5.97 Å². The van der Waals surface area contributed by atoms with E-state index in [1.165, 1.54) is 6.42 Å². The molecular weight excluding hydrogens is 424 g/mol. The highest BCUT2D eigenvalue weighted by Gasteiger charge is 2.63. The molecule has 0 amide bonds. The van der Waals surface area contributed by atoms with Crippen LogP contribution >= 0.6 is 0 Å². The maximum atomic E-state index is 12.8. The molecule has 0 bridgehead atoms. The first-order valence-corrected chi connectivity index (χ1v) is 13.6. The number of carboxylic acid groups (broad SMARTS) is 1. The molecule has 0 radical (unpaired) electrons. The number of carbonyl (C=O) groups excluding carboxylic acids is 1. The molecule has 2 fully saturated rings. The fourth-order valence-corrected chi connectivity index (χ4v) is 9.31. The molecule has 0 aromatic carbocycles. The number of hydrogen-bond acceptors (Lipinski definition) is 3. The number of hydrogen-bond donors (Lipinski definition) is 2. The van der Waals surface area contributed by atoms with Crippen LogP contribution in [0.1, 0.15) is 106 Å². The number of carbonyl (C=O) groups is 2. The van der Waals surface area contributed by atoms with Crippen LogP contribution in [0.2, 0.25) is 0 Å². The standard InChI is InChI=1S/C30H46O4/c1-19(26(33)34)8-7-9-20(18-31)21-12-16-30(6)23-10-11-24-27(2,3)25(32)14-15-28(24,4)22(23)13-17-29(21,30)5/h8,20-21,24,31H,7,9-18H2,1-6H3,(H,33,34)/b19-8+/t20-,21+,24+,28-,29+,30-/m1/s1. The lowest BCUT2D eigenvalue weighted by atomic mass is 9.43. The van der Waals surface area contributed by atoms with Crippen LogP contribution in [0.5, 0.6) is 0 Å². The topological polar surface area (TPSA) is 74.6 Å². The van der Waals surface area contributed by atoms with Crippen molar-refractivity contribution in [1.82, 2.24) is 0 Å². The predicted molar refractivity (Wildman–Crippen MR) is 135 cm³/mol. The molecule has 0 saturated heterocycles. The molecule has 4 nitrogen and oxygen atoms in total. The van der Waals surface area contributed by atoms with Crippen molar-refractivity contribution in [2.24, 2.45) is 39.4 Å². The predicted octanol–water partition coefficient (Wildman–Crippen LogP) is 6.72. The Balaban J connectivity index is 1.63. The van der Waals surface area contributed by atoms with Gasteiger partial charge in [0, 0.05) is 24.0 Å². The highest BCUT2D eigenvalue weighted by Crippen LogP contribution is 2.72. The number of Topliss-reactive ketones (excluding diaryl/α,β-unsaturated/α-hetero) is 1. The molecule has 2 N–H and O–H groups in total. The van der Waals surface area contributed by atoms with Crippen LogP contribution in [0.15, 0.2) is 22.8 Å². The zero-order valence-corrected chi connectivity index (χ0v) is 22.3. The molecule has 0 unspecified atom stereocenters. The first-order chi connectivity index (χ1) is 15.8. The lowest BCUT2D eigenvalue weighted by Gasteiger charge is -2.61. The normalized spacial score (nSPS) is 40.4. The summed E-state index contributed by atoms with van der Waals surface area (Å²) in [5.41, 5.74) is 4.01. The Kier molecular flexibility index (Phi) is 6.50. The zero-order valence-electron chi connectivity index (χ0n) is 22.3. The van der Waals surface area contributed by atoms with Gasteiger partial charge in [-0.2, -0.15) is 0 Å². The second-order valence-corrected chi connectivity index (χ2v) is 13.2. The summed E-state index contributed by atoms with van der Waals surface area (Å²) in [6.45, 7) is 13.7. The molecule has 4 heteroatoms. The minimum Gasteiger partial charge on any atom is -0.478 e. The minimum absolute atomic E-state index is 0.142. The highest BCUT2D eigenvalue weighted by atomic mass is 16.4. The van der Waals surface area contributed by atoms with Crippen molar-refractivity contribution in [3.63, 3.8) is 0 Å². The van der Waals surface area contributed by atoms with Gasteiger partial charge in [-0.25, -0.2) is 4.79 Å². The van der Waals surface area contributed by atoms with Gasteiger partial charge in [0.2, 0.25) is 0 Å². The summed E-state index contributed by atoms with van der Waals surface area (Å²) in [6, 6.07) is 0. The van der Waals surface area contributed by atoms with Crippen LogP contribution in [-0.2, 0) is 9.59 Å². The smallest absolute Gasteiger partial charge is 0.330 e. The summed E-state index contributed by atoms with van der Waals surface area (Å²) in [4.78, 5) is 24.0. The molecule has 0 aromatic heterocycles. The third-order valence-corrected chi connectivity index (χ3v) is 11.7. The molecule has 4 aliphatic rings. The number of fused-ring (bicyclic) bond motifs is 4. The quantitative estimate of drug-likeness (QED) is 0.334. The van der Waals surface area contributed by atoms with Crippen molar-refractivity contribution in [1.29, 1.82) is 0 Å². The van der Waals surface area contributed by atoms with Crippen molar-refractivity contribution in [3.05, 3.63) is 22.8 Å². The van der Waals surface area contributed by atoms with E-state index in [0.717, 1.165) is 44.9 Å². The van der Waals surface area contributed by atoms with E-state index in [4.69, 9.17) is 5.11 Å². The number of rotatable bonds is 6. The fraction of sp³-hybridized carbons (Fsp3) is 0.800. The SMILES string of the molecule is C/C(=C\CC[C@H](CO)[C@@H]1CC[C@]2(C)C3=C(CC[C@@]12C)[C@@]1(C)CCC(=O)C(C)(C)[C@@H]1CC3)C(=O)O. The van der Waals surface area contributed by atoms with Gasteiger partial charge >= 0.3 is 5.97 Å². The number of allylic oxidation sites excluding steroid dienone is 3. The van der Waals surface area contributed by atoms with Gasteiger partial charge in [0.1, 0.15) is 5.78 Å². The van der Waals surface area contributed by atoms with Crippen molar-refractivity contribution in [2.45, 2.75) is 106 Å². The molecule has 190 valence electrons. The van der Waals surface area contributed by atoms with Crippen molar-refractivity contribution in [2.75, 3.05) is 6.61 Å². The van der Waals surface area contributed by atoms with Crippen molar-refractivity contribution < 1.29 is 19.8 Å². The van der Waals surface area contributed by atoms with Crippen LogP contribution in [0.4, 0.5) is 0 Å². The van der Waals surface area contributed by atoms with Crippen LogP contribution in [0.25, 0.3) is 0 Å². The Morgan fingerprint density at radius 3 is 2.38 bits per heavy atom. The van der Waals surface area contributed by atoms with Crippen LogP contribution in [0, 0.1) is 39.4 Å². The van der Waals surface area contributed by atoms with E-state index in [-0.39, 0.29) is 34.2 Å². The molecule has 34 heavy (non-hydrogen) atoms. The molecule has 0 heterocycles. The molecular formula is C30H46O4. The Labute approximate surface area is 206 Å². The first kappa shape index (κ1) is 25.7. The lowest BCUT2D eigenvalue weighted by Crippen LogP contribution is -2.54. The summed E-state index contributed by atoms with van der Waals surface area (Å²) in [5.74, 6) is 0.712. The maximum Gasteiger partial charge on any atom is 0.330 e. The molecule has 6 atom stereocenters. The van der Waals surface area contributed by atoms with E-state index in [0.29, 0.717) is 36.0 Å². The van der Waals surface area contributed by atoms with Gasteiger partial charge in [0.25, 0.3) is 0 Å². The Hall–Kier alpha value is -1.42. The molecule has 0 aromatic rings. The van der Waals surface area contributed by atoms with Crippen LogP contribution in [-0.4, -0.2) is 28.6 Å². The van der Waals surface area contributed by atoms with Gasteiger partial charge in [-0.3, -0.25) is 4.79 Å². The largest absolute Gasteiger partial charge is 0.478 e. The van der Waals surface area contributed by atoms with Crippen LogP contribution in [0.3, 0.4) is 0 Å². The minimum atomic E-state index is -0.857. The molecule has 2 saturated carbocycles. The summed E-state index contributed by atoms with van der Waals surface area (Å²) in [7, 11) is 0. The summed E-state index contributed by atoms with van der Waals surface area (Å²) in [6.07, 6.45) is 11.9. The van der Waals surface area contributed by atoms with Crippen LogP contribution < -0.4 is 0 Å². The summed E-state index contributed by atoms with van der Waals surface area (Å²) in [5, 5.41) is 19.5. The number of aliphatic hydroxyl groups excluding tert-OH is 1. The van der Waals surface area contributed by atoms with Gasteiger partial charge in [-0.15, -0.1) is 0 Å². The second-order valence-electron chi connectivity index (χ2n) is 13.2. The Morgan fingerprint density at radius 2 is 1.74 bits per heavy atom. The van der Waals surface area contributed by atoms with E-state index in [2.05, 4.69) is 34.6 Å². The second kappa shape index (κ2) is 8.61. The molecule has 4 aliphatic carbocycles. The van der Waals surface area contributed by atoms with E-state index in [9.17, 15) is 14.7 Å². The Bertz CT molecular complexity index is 926. The van der Waals surface area contributed by atoms with Gasteiger partial charge in [0.05, 0.1) is 0 Å². The van der Waals surface area contributed by atoms with Gasteiger partial charge in [-0.05, 0) is 98.7 Å². The summed E-state index contributed by atoms with van der Waals surface area (Å²) < 4.78 is 0. The highest BCUT2D eigenvalue weighted by molar-refractivity contribution is 5.86. The number of ketones is 1. The van der Waals surface area contributed by atoms with Crippen molar-refractivity contribution in [3.8, 4) is 0 Å². The number of carboxylic acids is 1.